The van der Waals surface area contributed by atoms with Crippen LogP contribution in [-0.2, 0) is 9.59 Å². The lowest BCUT2D eigenvalue weighted by atomic mass is 10.0. The molecule has 0 fully saturated rings. The van der Waals surface area contributed by atoms with Gasteiger partial charge in [0.2, 0.25) is 11.8 Å². The van der Waals surface area contributed by atoms with Gasteiger partial charge in [0.05, 0.1) is 11.6 Å². The Hall–Kier alpha value is -2.21. The Labute approximate surface area is 127 Å². The summed E-state index contributed by atoms with van der Waals surface area (Å²) in [5.74, 6) is -1.11. The summed E-state index contributed by atoms with van der Waals surface area (Å²) in [7, 11) is 0. The summed E-state index contributed by atoms with van der Waals surface area (Å²) in [6, 6.07) is 7.13. The van der Waals surface area contributed by atoms with Gasteiger partial charge in [-0.25, -0.2) is 10.9 Å². The Balaban J connectivity index is 1.94. The van der Waals surface area contributed by atoms with E-state index < -0.39 is 5.92 Å². The van der Waals surface area contributed by atoms with Crippen LogP contribution in [0.25, 0.3) is 0 Å². The third-order valence-corrected chi connectivity index (χ3v) is 3.42. The molecule has 1 aliphatic heterocycles. The lowest BCUT2D eigenvalue weighted by Crippen LogP contribution is -2.29. The van der Waals surface area contributed by atoms with E-state index in [9.17, 15) is 9.59 Å². The fraction of sp³-hybridized carbons (Fsp3) is 0.286. The summed E-state index contributed by atoms with van der Waals surface area (Å²) < 4.78 is 0. The first-order chi connectivity index (χ1) is 9.97. The Bertz CT molecular complexity index is 622. The second kappa shape index (κ2) is 6.49. The molecule has 1 aromatic rings. The van der Waals surface area contributed by atoms with Gasteiger partial charge in [0.25, 0.3) is 0 Å². The summed E-state index contributed by atoms with van der Waals surface area (Å²) in [6.45, 7) is 3.48. The van der Waals surface area contributed by atoms with Gasteiger partial charge in [-0.15, -0.1) is 0 Å². The number of amides is 2. The second-order valence-electron chi connectivity index (χ2n) is 4.73. The first kappa shape index (κ1) is 15.2. The molecule has 0 bridgehead atoms. The first-order valence-electron chi connectivity index (χ1n) is 6.40. The molecule has 0 aromatic heterocycles. The molecule has 110 valence electrons. The van der Waals surface area contributed by atoms with Crippen LogP contribution in [-0.4, -0.2) is 23.2 Å². The molecule has 6 nitrogen and oxygen atoms in total. The van der Waals surface area contributed by atoms with Crippen molar-refractivity contribution in [2.75, 3.05) is 0 Å². The number of nitrogens with zero attached hydrogens (tertiary/aromatic N) is 2. The Morgan fingerprint density at radius 3 is 2.67 bits per heavy atom. The van der Waals surface area contributed by atoms with Crippen molar-refractivity contribution in [3.8, 4) is 0 Å². The lowest BCUT2D eigenvalue weighted by molar-refractivity contribution is -0.127. The maximum Gasteiger partial charge on any atom is 0.249 e. The fourth-order valence-corrected chi connectivity index (χ4v) is 1.99. The van der Waals surface area contributed by atoms with Crippen molar-refractivity contribution >= 4 is 34.8 Å². The summed E-state index contributed by atoms with van der Waals surface area (Å²) in [5.41, 5.74) is 6.90. The minimum absolute atomic E-state index is 0.0264. The van der Waals surface area contributed by atoms with Crippen LogP contribution in [0.5, 0.6) is 0 Å². The SMILES string of the molecule is CC1=NNC(=O)C1CC(=O)N/N=C(/C)c1ccc(Cl)cc1. The largest absolute Gasteiger partial charge is 0.273 e. The third kappa shape index (κ3) is 3.88. The molecule has 7 heteroatoms. The fourth-order valence-electron chi connectivity index (χ4n) is 1.86. The summed E-state index contributed by atoms with van der Waals surface area (Å²) in [6.07, 6.45) is 0.0264. The van der Waals surface area contributed by atoms with Gasteiger partial charge in [0.1, 0.15) is 0 Å². The average molecular weight is 307 g/mol. The molecular weight excluding hydrogens is 292 g/mol. The number of halogens is 1. The third-order valence-electron chi connectivity index (χ3n) is 3.16. The molecule has 2 N–H and O–H groups in total. The number of benzene rings is 1. The monoisotopic (exact) mass is 306 g/mol. The molecule has 1 heterocycles. The van der Waals surface area contributed by atoms with E-state index in [2.05, 4.69) is 21.1 Å². The smallest absolute Gasteiger partial charge is 0.249 e. The average Bonchev–Trinajstić information content (AvgIpc) is 2.77. The van der Waals surface area contributed by atoms with Crippen LogP contribution >= 0.6 is 11.6 Å². The van der Waals surface area contributed by atoms with Crippen LogP contribution < -0.4 is 10.9 Å². The highest BCUT2D eigenvalue weighted by molar-refractivity contribution is 6.30. The van der Waals surface area contributed by atoms with Crippen molar-refractivity contribution in [2.45, 2.75) is 20.3 Å². The Morgan fingerprint density at radius 2 is 2.10 bits per heavy atom. The van der Waals surface area contributed by atoms with E-state index in [1.807, 2.05) is 12.1 Å². The Kier molecular flexibility index (Phi) is 4.70. The summed E-state index contributed by atoms with van der Waals surface area (Å²) in [5, 5.41) is 8.45. The number of nitrogens with one attached hydrogen (secondary N) is 2. The van der Waals surface area contributed by atoms with Gasteiger partial charge in [0.15, 0.2) is 0 Å². The number of carbonyl (C=O) groups is 2. The number of hydrogen-bond donors (Lipinski definition) is 2. The van der Waals surface area contributed by atoms with E-state index in [0.29, 0.717) is 16.4 Å². The molecular formula is C14H15ClN4O2. The molecule has 21 heavy (non-hydrogen) atoms. The lowest BCUT2D eigenvalue weighted by Gasteiger charge is -2.07. The molecule has 1 atom stereocenters. The van der Waals surface area contributed by atoms with Crippen LogP contribution in [0.4, 0.5) is 0 Å². The van der Waals surface area contributed by atoms with Gasteiger partial charge in [-0.2, -0.15) is 10.2 Å². The first-order valence-corrected chi connectivity index (χ1v) is 6.78. The van der Waals surface area contributed by atoms with Crippen LogP contribution in [0.3, 0.4) is 0 Å². The highest BCUT2D eigenvalue weighted by Gasteiger charge is 2.29. The molecule has 1 aliphatic rings. The predicted octanol–water partition coefficient (Wildman–Crippen LogP) is 1.69. The minimum Gasteiger partial charge on any atom is -0.273 e. The van der Waals surface area contributed by atoms with E-state index in [1.54, 1.807) is 26.0 Å². The predicted molar refractivity (Wildman–Crippen MR) is 81.2 cm³/mol. The maximum atomic E-state index is 11.8. The van der Waals surface area contributed by atoms with Crippen molar-refractivity contribution in [3.05, 3.63) is 34.9 Å². The van der Waals surface area contributed by atoms with E-state index in [-0.39, 0.29) is 18.2 Å². The topological polar surface area (TPSA) is 82.9 Å². The van der Waals surface area contributed by atoms with Crippen LogP contribution in [0.1, 0.15) is 25.8 Å². The zero-order chi connectivity index (χ0) is 15.4. The summed E-state index contributed by atoms with van der Waals surface area (Å²) >= 11 is 5.81. The van der Waals surface area contributed by atoms with Crippen molar-refractivity contribution in [1.82, 2.24) is 10.9 Å². The normalized spacial score (nSPS) is 18.2. The summed E-state index contributed by atoms with van der Waals surface area (Å²) in [4.78, 5) is 23.3. The number of rotatable bonds is 4. The molecule has 0 saturated heterocycles. The standard InChI is InChI=1S/C14H15ClN4O2/c1-8(10-3-5-11(15)6-4-10)16-18-13(20)7-12-9(2)17-19-14(12)21/h3-6,12H,7H2,1-2H3,(H,18,20)(H,19,21)/b16-8-. The maximum absolute atomic E-state index is 11.8. The molecule has 2 amide bonds. The van der Waals surface area contributed by atoms with E-state index in [0.717, 1.165) is 5.56 Å². The molecule has 0 saturated carbocycles. The molecule has 1 aromatic carbocycles. The highest BCUT2D eigenvalue weighted by Crippen LogP contribution is 2.12. The highest BCUT2D eigenvalue weighted by atomic mass is 35.5. The van der Waals surface area contributed by atoms with E-state index >= 15 is 0 Å². The van der Waals surface area contributed by atoms with E-state index in [4.69, 9.17) is 11.6 Å². The second-order valence-corrected chi connectivity index (χ2v) is 5.16. The van der Waals surface area contributed by atoms with Crippen LogP contribution in [0, 0.1) is 5.92 Å². The molecule has 0 spiro atoms. The van der Waals surface area contributed by atoms with Crippen molar-refractivity contribution < 1.29 is 9.59 Å². The van der Waals surface area contributed by atoms with Crippen molar-refractivity contribution in [3.63, 3.8) is 0 Å². The van der Waals surface area contributed by atoms with Crippen LogP contribution in [0.2, 0.25) is 5.02 Å². The van der Waals surface area contributed by atoms with Gasteiger partial charge in [-0.3, -0.25) is 9.59 Å². The zero-order valence-corrected chi connectivity index (χ0v) is 12.4. The number of hydrogen-bond acceptors (Lipinski definition) is 4. The zero-order valence-electron chi connectivity index (χ0n) is 11.7. The van der Waals surface area contributed by atoms with Crippen molar-refractivity contribution in [2.24, 2.45) is 16.1 Å². The van der Waals surface area contributed by atoms with Gasteiger partial charge >= 0.3 is 0 Å². The quantitative estimate of drug-likeness (QED) is 0.655. The molecule has 0 aliphatic carbocycles. The molecule has 2 rings (SSSR count). The van der Waals surface area contributed by atoms with Crippen LogP contribution in [0.15, 0.2) is 34.5 Å². The van der Waals surface area contributed by atoms with Gasteiger partial charge in [-0.05, 0) is 31.5 Å². The Morgan fingerprint density at radius 1 is 1.43 bits per heavy atom. The van der Waals surface area contributed by atoms with Gasteiger partial charge < -0.3 is 0 Å². The van der Waals surface area contributed by atoms with Gasteiger partial charge in [-0.1, -0.05) is 23.7 Å². The van der Waals surface area contributed by atoms with E-state index in [1.165, 1.54) is 0 Å². The minimum atomic E-state index is -0.518. The number of hydrazone groups is 2. The van der Waals surface area contributed by atoms with Crippen molar-refractivity contribution in [1.29, 1.82) is 0 Å². The molecule has 0 radical (unpaired) electrons. The molecule has 1 unspecified atom stereocenters. The number of carbonyl (C=O) groups excluding carboxylic acids is 2. The van der Waals surface area contributed by atoms with Gasteiger partial charge in [0, 0.05) is 17.2 Å².